The maximum absolute atomic E-state index is 12.0. The summed E-state index contributed by atoms with van der Waals surface area (Å²) in [5, 5.41) is 11.8. The Morgan fingerprint density at radius 1 is 1.52 bits per heavy atom. The van der Waals surface area contributed by atoms with Crippen LogP contribution in [0.4, 0.5) is 0 Å². The summed E-state index contributed by atoms with van der Waals surface area (Å²) >= 11 is 0. The molecule has 0 aromatic carbocycles. The minimum absolute atomic E-state index is 0.0584. The molecule has 116 valence electrons. The van der Waals surface area contributed by atoms with E-state index < -0.39 is 0 Å². The molecule has 0 spiro atoms. The van der Waals surface area contributed by atoms with Gasteiger partial charge in [0.05, 0.1) is 6.61 Å². The summed E-state index contributed by atoms with van der Waals surface area (Å²) in [5.41, 5.74) is -0.226. The number of β-amino-alcohol motifs (C(OH)–C–C–N with tert-alkyl or cyclic N) is 1. The molecule has 1 aromatic heterocycles. The van der Waals surface area contributed by atoms with Gasteiger partial charge in [-0.25, -0.2) is 0 Å². The highest BCUT2D eigenvalue weighted by Gasteiger charge is 2.20. The molecule has 6 heteroatoms. The molecule has 21 heavy (non-hydrogen) atoms. The van der Waals surface area contributed by atoms with Crippen LogP contribution in [0.25, 0.3) is 0 Å². The topological polar surface area (TPSA) is 82.8 Å². The van der Waals surface area contributed by atoms with Crippen LogP contribution in [0.2, 0.25) is 0 Å². The Balaban J connectivity index is 1.87. The van der Waals surface area contributed by atoms with Gasteiger partial charge in [0.1, 0.15) is 5.76 Å². The number of likely N-dealkylation sites (tertiary alicyclic amines) is 1. The lowest BCUT2D eigenvalue weighted by Gasteiger charge is -2.32. The second kappa shape index (κ2) is 7.38. The van der Waals surface area contributed by atoms with Gasteiger partial charge in [-0.3, -0.25) is 9.59 Å². The summed E-state index contributed by atoms with van der Waals surface area (Å²) in [6.45, 7) is 4.91. The van der Waals surface area contributed by atoms with Crippen molar-refractivity contribution in [3.05, 3.63) is 33.9 Å². The van der Waals surface area contributed by atoms with E-state index >= 15 is 0 Å². The Bertz CT molecular complexity index is 539. The van der Waals surface area contributed by atoms with Crippen molar-refractivity contribution in [3.8, 4) is 0 Å². The first-order chi connectivity index (χ1) is 10.1. The van der Waals surface area contributed by atoms with Gasteiger partial charge in [0, 0.05) is 31.8 Å². The smallest absolute Gasteiger partial charge is 0.287 e. The molecule has 0 bridgehead atoms. The first kappa shape index (κ1) is 15.7. The van der Waals surface area contributed by atoms with Crippen LogP contribution in [0, 0.1) is 12.8 Å². The zero-order valence-corrected chi connectivity index (χ0v) is 12.3. The largest absolute Gasteiger partial charge is 0.456 e. The number of piperidine rings is 1. The lowest BCUT2D eigenvalue weighted by molar-refractivity contribution is 0.0894. The van der Waals surface area contributed by atoms with E-state index in [1.54, 1.807) is 6.92 Å². The molecule has 1 atom stereocenters. The zero-order valence-electron chi connectivity index (χ0n) is 12.3. The Kier molecular flexibility index (Phi) is 5.52. The lowest BCUT2D eigenvalue weighted by atomic mass is 9.98. The summed E-state index contributed by atoms with van der Waals surface area (Å²) in [4.78, 5) is 25.6. The SMILES string of the molecule is Cc1cc(=O)cc(C(=O)NC[C@H]2CCCN(CCO)C2)o1. The van der Waals surface area contributed by atoms with Crippen LogP contribution in [0.1, 0.15) is 29.2 Å². The number of nitrogens with zero attached hydrogens (tertiary/aromatic N) is 1. The van der Waals surface area contributed by atoms with Crippen LogP contribution in [0.3, 0.4) is 0 Å². The summed E-state index contributed by atoms with van der Waals surface area (Å²) in [5.74, 6) is 0.503. The Morgan fingerprint density at radius 3 is 3.05 bits per heavy atom. The molecular weight excluding hydrogens is 272 g/mol. The summed E-state index contributed by atoms with van der Waals surface area (Å²) in [6, 6.07) is 2.56. The van der Waals surface area contributed by atoms with Gasteiger partial charge in [-0.1, -0.05) is 0 Å². The van der Waals surface area contributed by atoms with Crippen LogP contribution in [-0.2, 0) is 0 Å². The molecule has 2 heterocycles. The predicted molar refractivity (Wildman–Crippen MR) is 78.3 cm³/mol. The minimum atomic E-state index is -0.352. The summed E-state index contributed by atoms with van der Waals surface area (Å²) < 4.78 is 5.26. The molecule has 0 saturated carbocycles. The molecule has 2 rings (SSSR count). The van der Waals surface area contributed by atoms with Crippen molar-refractivity contribution in [2.75, 3.05) is 32.8 Å². The van der Waals surface area contributed by atoms with Gasteiger partial charge in [0.2, 0.25) is 0 Å². The van der Waals surface area contributed by atoms with E-state index in [0.29, 0.717) is 24.8 Å². The molecule has 1 fully saturated rings. The monoisotopic (exact) mass is 294 g/mol. The van der Waals surface area contributed by atoms with Crippen LogP contribution in [-0.4, -0.2) is 48.7 Å². The molecule has 1 saturated heterocycles. The third-order valence-corrected chi connectivity index (χ3v) is 3.68. The Labute approximate surface area is 123 Å². The van der Waals surface area contributed by atoms with Crippen LogP contribution < -0.4 is 10.7 Å². The molecule has 0 radical (unpaired) electrons. The van der Waals surface area contributed by atoms with E-state index in [2.05, 4.69) is 10.2 Å². The zero-order chi connectivity index (χ0) is 15.2. The van der Waals surface area contributed by atoms with Gasteiger partial charge in [0.25, 0.3) is 5.91 Å². The lowest BCUT2D eigenvalue weighted by Crippen LogP contribution is -2.42. The molecule has 6 nitrogen and oxygen atoms in total. The molecule has 2 N–H and O–H groups in total. The van der Waals surface area contributed by atoms with E-state index in [9.17, 15) is 9.59 Å². The first-order valence-electron chi connectivity index (χ1n) is 7.31. The molecule has 1 aromatic rings. The van der Waals surface area contributed by atoms with E-state index in [1.807, 2.05) is 0 Å². The first-order valence-corrected chi connectivity index (χ1v) is 7.31. The molecular formula is C15H22N2O4. The van der Waals surface area contributed by atoms with Crippen molar-refractivity contribution in [3.63, 3.8) is 0 Å². The quantitative estimate of drug-likeness (QED) is 0.820. The summed E-state index contributed by atoms with van der Waals surface area (Å²) in [6.07, 6.45) is 2.13. The van der Waals surface area contributed by atoms with Gasteiger partial charge in [-0.05, 0) is 32.2 Å². The van der Waals surface area contributed by atoms with Gasteiger partial charge < -0.3 is 19.7 Å². The van der Waals surface area contributed by atoms with Crippen LogP contribution in [0.15, 0.2) is 21.3 Å². The summed E-state index contributed by atoms with van der Waals surface area (Å²) in [7, 11) is 0. The second-order valence-corrected chi connectivity index (χ2v) is 5.51. The molecule has 0 unspecified atom stereocenters. The van der Waals surface area contributed by atoms with Gasteiger partial charge in [-0.15, -0.1) is 0 Å². The Morgan fingerprint density at radius 2 is 2.33 bits per heavy atom. The third kappa shape index (κ3) is 4.68. The molecule has 1 amide bonds. The van der Waals surface area contributed by atoms with Crippen molar-refractivity contribution in [2.24, 2.45) is 5.92 Å². The maximum Gasteiger partial charge on any atom is 0.287 e. The van der Waals surface area contributed by atoms with Crippen molar-refractivity contribution >= 4 is 5.91 Å². The van der Waals surface area contributed by atoms with E-state index in [0.717, 1.165) is 25.9 Å². The maximum atomic E-state index is 12.0. The average Bonchev–Trinajstić information content (AvgIpc) is 2.44. The highest BCUT2D eigenvalue weighted by molar-refractivity contribution is 5.91. The van der Waals surface area contributed by atoms with Crippen molar-refractivity contribution in [1.29, 1.82) is 0 Å². The fraction of sp³-hybridized carbons (Fsp3) is 0.600. The number of aliphatic hydroxyl groups is 1. The normalized spacial score (nSPS) is 19.4. The number of carbonyl (C=O) groups is 1. The van der Waals surface area contributed by atoms with Gasteiger partial charge >= 0.3 is 0 Å². The number of rotatable bonds is 5. The predicted octanol–water partition coefficient (Wildman–Crippen LogP) is 0.382. The molecule has 1 aliphatic rings. The Hall–Kier alpha value is -1.66. The highest BCUT2D eigenvalue weighted by Crippen LogP contribution is 2.15. The number of nitrogens with one attached hydrogen (secondary N) is 1. The van der Waals surface area contributed by atoms with Crippen molar-refractivity contribution in [1.82, 2.24) is 10.2 Å². The third-order valence-electron chi connectivity index (χ3n) is 3.68. The van der Waals surface area contributed by atoms with Crippen LogP contribution >= 0.6 is 0 Å². The van der Waals surface area contributed by atoms with E-state index in [-0.39, 0.29) is 23.7 Å². The number of hydrogen-bond donors (Lipinski definition) is 2. The van der Waals surface area contributed by atoms with Gasteiger partial charge in [0.15, 0.2) is 11.2 Å². The van der Waals surface area contributed by atoms with Gasteiger partial charge in [-0.2, -0.15) is 0 Å². The number of aryl methyl sites for hydroxylation is 1. The fourth-order valence-corrected chi connectivity index (χ4v) is 2.70. The number of amides is 1. The molecule has 1 aliphatic heterocycles. The van der Waals surface area contributed by atoms with Crippen molar-refractivity contribution in [2.45, 2.75) is 19.8 Å². The van der Waals surface area contributed by atoms with E-state index in [1.165, 1.54) is 12.1 Å². The van der Waals surface area contributed by atoms with Crippen molar-refractivity contribution < 1.29 is 14.3 Å². The van der Waals surface area contributed by atoms with E-state index in [4.69, 9.17) is 9.52 Å². The second-order valence-electron chi connectivity index (χ2n) is 5.51. The number of carbonyl (C=O) groups excluding carboxylic acids is 1. The number of aliphatic hydroxyl groups excluding tert-OH is 1. The average molecular weight is 294 g/mol. The minimum Gasteiger partial charge on any atom is -0.456 e. The highest BCUT2D eigenvalue weighted by atomic mass is 16.3. The number of hydrogen-bond acceptors (Lipinski definition) is 5. The fourth-order valence-electron chi connectivity index (χ4n) is 2.70. The standard InChI is InChI=1S/C15H22N2O4/c1-11-7-13(19)8-14(21-11)15(20)16-9-12-3-2-4-17(10-12)5-6-18/h7-8,12,18H,2-6,9-10H2,1H3,(H,16,20)/t12-/m1/s1. The molecule has 0 aliphatic carbocycles. The van der Waals surface area contributed by atoms with Crippen LogP contribution in [0.5, 0.6) is 0 Å².